The van der Waals surface area contributed by atoms with E-state index < -0.39 is 0 Å². The molecule has 0 amide bonds. The summed E-state index contributed by atoms with van der Waals surface area (Å²) >= 11 is 0. The average Bonchev–Trinajstić information content (AvgIpc) is 1.90. The Morgan fingerprint density at radius 2 is 2.44 bits per heavy atom. The Hall–Kier alpha value is -1.03. The van der Waals surface area contributed by atoms with Crippen LogP contribution in [0.5, 0.6) is 0 Å². The maximum absolute atomic E-state index is 5.47. The van der Waals surface area contributed by atoms with Gasteiger partial charge in [-0.3, -0.25) is 0 Å². The number of hydrogen-bond donors (Lipinski definition) is 1. The van der Waals surface area contributed by atoms with Crippen molar-refractivity contribution in [2.75, 3.05) is 0 Å². The van der Waals surface area contributed by atoms with Crippen molar-refractivity contribution in [1.29, 1.82) is 0 Å². The van der Waals surface area contributed by atoms with E-state index >= 15 is 0 Å². The van der Waals surface area contributed by atoms with Crippen LogP contribution in [0.1, 0.15) is 18.7 Å². The quantitative estimate of drug-likeness (QED) is 0.567. The molecule has 0 bridgehead atoms. The Balaban J connectivity index is 2.85. The van der Waals surface area contributed by atoms with E-state index in [0.717, 1.165) is 5.69 Å². The van der Waals surface area contributed by atoms with Crippen molar-refractivity contribution in [3.63, 3.8) is 0 Å². The summed E-state index contributed by atoms with van der Waals surface area (Å²) in [6.07, 6.45) is 2.99. The summed E-state index contributed by atoms with van der Waals surface area (Å²) in [5, 5.41) is 7.31. The molecule has 0 radical (unpaired) electrons. The van der Waals surface area contributed by atoms with Gasteiger partial charge in [-0.05, 0) is 6.92 Å². The molecule has 1 aromatic heterocycles. The molecule has 0 saturated carbocycles. The molecule has 1 unspecified atom stereocenters. The Bertz CT molecular complexity index is 172. The van der Waals surface area contributed by atoms with Crippen LogP contribution in [0.4, 0.5) is 0 Å². The van der Waals surface area contributed by atoms with Crippen LogP contribution in [0.2, 0.25) is 0 Å². The number of aromatic nitrogens is 3. The fourth-order valence-corrected chi connectivity index (χ4v) is 0.466. The molecule has 48 valence electrons. The normalized spacial score (nSPS) is 13.1. The highest BCUT2D eigenvalue weighted by Crippen LogP contribution is 1.99. The van der Waals surface area contributed by atoms with Gasteiger partial charge in [-0.15, -0.1) is 5.10 Å². The van der Waals surface area contributed by atoms with Gasteiger partial charge in [0.15, 0.2) is 0 Å². The number of nitrogens with two attached hydrogens (primary N) is 1. The monoisotopic (exact) mass is 124 g/mol. The third-order valence-corrected chi connectivity index (χ3v) is 0.965. The number of hydrogen-bond acceptors (Lipinski definition) is 4. The topological polar surface area (TPSA) is 64.7 Å². The largest absolute Gasteiger partial charge is 0.323 e. The van der Waals surface area contributed by atoms with Gasteiger partial charge in [0.25, 0.3) is 0 Å². The Labute approximate surface area is 53.1 Å². The van der Waals surface area contributed by atoms with Crippen molar-refractivity contribution in [2.45, 2.75) is 13.0 Å². The fraction of sp³-hybridized carbons (Fsp3) is 0.400. The molecule has 9 heavy (non-hydrogen) atoms. The van der Waals surface area contributed by atoms with E-state index in [2.05, 4.69) is 15.2 Å². The summed E-state index contributed by atoms with van der Waals surface area (Å²) in [7, 11) is 0. The van der Waals surface area contributed by atoms with Gasteiger partial charge in [-0.1, -0.05) is 0 Å². The highest BCUT2D eigenvalue weighted by molar-refractivity contribution is 4.95. The van der Waals surface area contributed by atoms with E-state index in [1.165, 1.54) is 6.33 Å². The molecule has 0 aromatic carbocycles. The van der Waals surface area contributed by atoms with Gasteiger partial charge in [0, 0.05) is 6.04 Å². The van der Waals surface area contributed by atoms with E-state index in [9.17, 15) is 0 Å². The molecule has 1 aromatic rings. The van der Waals surface area contributed by atoms with E-state index in [-0.39, 0.29) is 6.04 Å². The molecular weight excluding hydrogens is 116 g/mol. The lowest BCUT2D eigenvalue weighted by molar-refractivity contribution is 0.737. The van der Waals surface area contributed by atoms with Crippen LogP contribution in [0, 0.1) is 0 Å². The van der Waals surface area contributed by atoms with Crippen LogP contribution in [0.3, 0.4) is 0 Å². The van der Waals surface area contributed by atoms with E-state index in [1.807, 2.05) is 6.92 Å². The maximum atomic E-state index is 5.47. The zero-order valence-corrected chi connectivity index (χ0v) is 5.15. The molecule has 0 spiro atoms. The molecular formula is C5H8N4. The van der Waals surface area contributed by atoms with Crippen molar-refractivity contribution in [3.8, 4) is 0 Å². The first kappa shape index (κ1) is 6.10. The van der Waals surface area contributed by atoms with Crippen LogP contribution in [-0.4, -0.2) is 15.2 Å². The molecule has 0 saturated heterocycles. The predicted molar refractivity (Wildman–Crippen MR) is 32.4 cm³/mol. The summed E-state index contributed by atoms with van der Waals surface area (Å²) in [5.41, 5.74) is 6.19. The molecule has 0 aliphatic rings. The van der Waals surface area contributed by atoms with Crippen molar-refractivity contribution in [2.24, 2.45) is 5.73 Å². The molecule has 0 aliphatic carbocycles. The maximum Gasteiger partial charge on any atom is 0.138 e. The van der Waals surface area contributed by atoms with Gasteiger partial charge in [-0.2, -0.15) is 5.10 Å². The third-order valence-electron chi connectivity index (χ3n) is 0.965. The summed E-state index contributed by atoms with van der Waals surface area (Å²) in [4.78, 5) is 3.75. The molecule has 1 atom stereocenters. The zero-order chi connectivity index (χ0) is 6.69. The second kappa shape index (κ2) is 2.50. The van der Waals surface area contributed by atoms with Gasteiger partial charge in [0.2, 0.25) is 0 Å². The van der Waals surface area contributed by atoms with Crippen LogP contribution in [0.15, 0.2) is 12.5 Å². The Morgan fingerprint density at radius 1 is 1.67 bits per heavy atom. The first-order valence-electron chi connectivity index (χ1n) is 2.69. The summed E-state index contributed by atoms with van der Waals surface area (Å²) in [6.45, 7) is 1.84. The van der Waals surface area contributed by atoms with E-state index in [4.69, 9.17) is 5.73 Å². The van der Waals surface area contributed by atoms with Crippen LogP contribution < -0.4 is 5.73 Å². The van der Waals surface area contributed by atoms with Gasteiger partial charge in [0.05, 0.1) is 11.9 Å². The lowest BCUT2D eigenvalue weighted by atomic mass is 10.3. The van der Waals surface area contributed by atoms with Crippen LogP contribution >= 0.6 is 0 Å². The SMILES string of the molecule is CC(N)c1cncnn1. The van der Waals surface area contributed by atoms with Crippen LogP contribution in [0.25, 0.3) is 0 Å². The molecule has 4 nitrogen and oxygen atoms in total. The lowest BCUT2D eigenvalue weighted by Gasteiger charge is -1.98. The van der Waals surface area contributed by atoms with Crippen molar-refractivity contribution < 1.29 is 0 Å². The molecule has 0 fully saturated rings. The minimum atomic E-state index is -0.0776. The van der Waals surface area contributed by atoms with Gasteiger partial charge in [-0.25, -0.2) is 4.98 Å². The minimum Gasteiger partial charge on any atom is -0.323 e. The zero-order valence-electron chi connectivity index (χ0n) is 5.15. The van der Waals surface area contributed by atoms with Crippen molar-refractivity contribution in [3.05, 3.63) is 18.2 Å². The summed E-state index contributed by atoms with van der Waals surface area (Å²) in [5.74, 6) is 0. The molecule has 0 aliphatic heterocycles. The number of nitrogens with zero attached hydrogens (tertiary/aromatic N) is 3. The Kier molecular flexibility index (Phi) is 1.69. The highest BCUT2D eigenvalue weighted by Gasteiger charge is 1.97. The van der Waals surface area contributed by atoms with Gasteiger partial charge in [0.1, 0.15) is 6.33 Å². The second-order valence-corrected chi connectivity index (χ2v) is 1.82. The standard InChI is InChI=1S/C5H8N4/c1-4(6)5-2-7-3-8-9-5/h2-4H,6H2,1H3. The average molecular weight is 124 g/mol. The predicted octanol–water partition coefficient (Wildman–Crippen LogP) is -0.109. The molecule has 1 rings (SSSR count). The van der Waals surface area contributed by atoms with Crippen molar-refractivity contribution >= 4 is 0 Å². The number of rotatable bonds is 1. The van der Waals surface area contributed by atoms with Gasteiger partial charge < -0.3 is 5.73 Å². The van der Waals surface area contributed by atoms with Gasteiger partial charge >= 0.3 is 0 Å². The molecule has 1 heterocycles. The third kappa shape index (κ3) is 1.43. The minimum absolute atomic E-state index is 0.0776. The lowest BCUT2D eigenvalue weighted by Crippen LogP contribution is -2.08. The smallest absolute Gasteiger partial charge is 0.138 e. The molecule has 4 heteroatoms. The van der Waals surface area contributed by atoms with E-state index in [0.29, 0.717) is 0 Å². The first-order valence-corrected chi connectivity index (χ1v) is 2.69. The first-order chi connectivity index (χ1) is 4.30. The second-order valence-electron chi connectivity index (χ2n) is 1.82. The highest BCUT2D eigenvalue weighted by atomic mass is 15.1. The van der Waals surface area contributed by atoms with Crippen LogP contribution in [-0.2, 0) is 0 Å². The summed E-state index contributed by atoms with van der Waals surface area (Å²) < 4.78 is 0. The van der Waals surface area contributed by atoms with Crippen molar-refractivity contribution in [1.82, 2.24) is 15.2 Å². The molecule has 2 N–H and O–H groups in total. The Morgan fingerprint density at radius 3 is 2.78 bits per heavy atom. The fourth-order valence-electron chi connectivity index (χ4n) is 0.466. The summed E-state index contributed by atoms with van der Waals surface area (Å²) in [6, 6.07) is -0.0776. The van der Waals surface area contributed by atoms with E-state index in [1.54, 1.807) is 6.20 Å².